The minimum atomic E-state index is -4.02. The number of H-pyrrole nitrogens is 1. The third kappa shape index (κ3) is 3.42. The highest BCUT2D eigenvalue weighted by atomic mass is 32.2. The third-order valence-corrected chi connectivity index (χ3v) is 5.16. The van der Waals surface area contributed by atoms with Crippen LogP contribution < -0.4 is 10.6 Å². The average molecular weight is 372 g/mol. The SMILES string of the molecule is CC(=O)Nc1ccc(S(=O)(=O)c2nc3ccccc3[nH]2)c(NC(C)=O)c1. The molecule has 0 saturated heterocycles. The van der Waals surface area contributed by atoms with E-state index in [0.29, 0.717) is 16.7 Å². The molecule has 134 valence electrons. The van der Waals surface area contributed by atoms with Crippen LogP contribution in [-0.2, 0) is 19.4 Å². The lowest BCUT2D eigenvalue weighted by atomic mass is 10.2. The second-order valence-corrected chi connectivity index (χ2v) is 7.47. The number of para-hydroxylation sites is 2. The van der Waals surface area contributed by atoms with Gasteiger partial charge in [0.25, 0.3) is 0 Å². The number of hydrogen-bond donors (Lipinski definition) is 3. The van der Waals surface area contributed by atoms with Crippen molar-refractivity contribution in [1.29, 1.82) is 0 Å². The van der Waals surface area contributed by atoms with Crippen LogP contribution in [0, 0.1) is 0 Å². The fourth-order valence-corrected chi connectivity index (χ4v) is 3.81. The van der Waals surface area contributed by atoms with Gasteiger partial charge in [-0.25, -0.2) is 13.4 Å². The van der Waals surface area contributed by atoms with Gasteiger partial charge < -0.3 is 15.6 Å². The lowest BCUT2D eigenvalue weighted by Crippen LogP contribution is -2.14. The van der Waals surface area contributed by atoms with E-state index in [1.807, 2.05) is 0 Å². The van der Waals surface area contributed by atoms with Crippen molar-refractivity contribution < 1.29 is 18.0 Å². The van der Waals surface area contributed by atoms with Gasteiger partial charge in [0, 0.05) is 19.5 Å². The summed E-state index contributed by atoms with van der Waals surface area (Å²) >= 11 is 0. The Kier molecular flexibility index (Phi) is 4.47. The molecule has 2 amide bonds. The molecule has 2 aromatic carbocycles. The van der Waals surface area contributed by atoms with Crippen molar-refractivity contribution >= 4 is 44.1 Å². The number of nitrogens with one attached hydrogen (secondary N) is 3. The lowest BCUT2D eigenvalue weighted by Gasteiger charge is -2.12. The van der Waals surface area contributed by atoms with Crippen LogP contribution in [-0.4, -0.2) is 30.2 Å². The molecule has 0 fully saturated rings. The molecule has 3 aromatic rings. The maximum absolute atomic E-state index is 13.0. The van der Waals surface area contributed by atoms with E-state index >= 15 is 0 Å². The molecule has 1 heterocycles. The van der Waals surface area contributed by atoms with Gasteiger partial charge in [-0.1, -0.05) is 12.1 Å². The number of benzene rings is 2. The van der Waals surface area contributed by atoms with E-state index < -0.39 is 15.7 Å². The Morgan fingerprint density at radius 3 is 2.35 bits per heavy atom. The van der Waals surface area contributed by atoms with E-state index in [4.69, 9.17) is 0 Å². The van der Waals surface area contributed by atoms with Crippen molar-refractivity contribution in [2.45, 2.75) is 23.9 Å². The fourth-order valence-electron chi connectivity index (χ4n) is 2.49. The molecule has 8 nitrogen and oxygen atoms in total. The van der Waals surface area contributed by atoms with Crippen LogP contribution in [0.2, 0.25) is 0 Å². The van der Waals surface area contributed by atoms with Crippen LogP contribution >= 0.6 is 0 Å². The van der Waals surface area contributed by atoms with Crippen LogP contribution in [0.1, 0.15) is 13.8 Å². The zero-order valence-corrected chi connectivity index (χ0v) is 14.8. The van der Waals surface area contributed by atoms with Gasteiger partial charge >= 0.3 is 0 Å². The van der Waals surface area contributed by atoms with Crippen molar-refractivity contribution in [3.63, 3.8) is 0 Å². The molecule has 9 heteroatoms. The zero-order valence-electron chi connectivity index (χ0n) is 14.0. The Morgan fingerprint density at radius 2 is 1.69 bits per heavy atom. The molecule has 1 aromatic heterocycles. The molecule has 0 aliphatic heterocycles. The molecular weight excluding hydrogens is 356 g/mol. The molecule has 0 aliphatic carbocycles. The second-order valence-electron chi connectivity index (χ2n) is 5.64. The van der Waals surface area contributed by atoms with Gasteiger partial charge in [0.05, 0.1) is 21.6 Å². The highest BCUT2D eigenvalue weighted by Gasteiger charge is 2.26. The molecule has 0 unspecified atom stereocenters. The molecule has 26 heavy (non-hydrogen) atoms. The average Bonchev–Trinajstić information content (AvgIpc) is 2.98. The molecule has 0 radical (unpaired) electrons. The molecule has 0 aliphatic rings. The maximum atomic E-state index is 13.0. The minimum Gasteiger partial charge on any atom is -0.328 e. The predicted molar refractivity (Wildman–Crippen MR) is 96.6 cm³/mol. The van der Waals surface area contributed by atoms with Gasteiger partial charge in [-0.05, 0) is 30.3 Å². The number of imidazole rings is 1. The first-order valence-electron chi connectivity index (χ1n) is 7.66. The standard InChI is InChI=1S/C17H16N4O4S/c1-10(22)18-12-7-8-16(15(9-12)19-11(2)23)26(24,25)17-20-13-5-3-4-6-14(13)21-17/h3-9H,1-2H3,(H,18,22)(H,19,23)(H,20,21). The number of carbonyl (C=O) groups excluding carboxylic acids is 2. The number of hydrogen-bond acceptors (Lipinski definition) is 5. The number of amides is 2. The number of fused-ring (bicyclic) bond motifs is 1. The molecule has 0 bridgehead atoms. The fraction of sp³-hybridized carbons (Fsp3) is 0.118. The van der Waals surface area contributed by atoms with Gasteiger partial charge in [-0.2, -0.15) is 0 Å². The summed E-state index contributed by atoms with van der Waals surface area (Å²) in [7, 11) is -4.02. The summed E-state index contributed by atoms with van der Waals surface area (Å²) in [6.45, 7) is 2.60. The largest absolute Gasteiger partial charge is 0.328 e. The maximum Gasteiger partial charge on any atom is 0.241 e. The molecular formula is C17H16N4O4S. The van der Waals surface area contributed by atoms with E-state index in [9.17, 15) is 18.0 Å². The van der Waals surface area contributed by atoms with Crippen molar-refractivity contribution in [1.82, 2.24) is 9.97 Å². The normalized spacial score (nSPS) is 11.3. The van der Waals surface area contributed by atoms with E-state index in [1.165, 1.54) is 32.0 Å². The number of nitrogens with zero attached hydrogens (tertiary/aromatic N) is 1. The van der Waals surface area contributed by atoms with Crippen LogP contribution in [0.15, 0.2) is 52.5 Å². The van der Waals surface area contributed by atoms with Crippen LogP contribution in [0.5, 0.6) is 0 Å². The Balaban J connectivity index is 2.13. The number of aromatic amines is 1. The highest BCUT2D eigenvalue weighted by Crippen LogP contribution is 2.30. The van der Waals surface area contributed by atoms with Crippen LogP contribution in [0.4, 0.5) is 11.4 Å². The molecule has 0 atom stereocenters. The summed E-state index contributed by atoms with van der Waals surface area (Å²) in [6.07, 6.45) is 0. The van der Waals surface area contributed by atoms with Crippen molar-refractivity contribution in [2.24, 2.45) is 0 Å². The Morgan fingerprint density at radius 1 is 1.00 bits per heavy atom. The Bertz CT molecular complexity index is 1090. The van der Waals surface area contributed by atoms with E-state index in [2.05, 4.69) is 20.6 Å². The summed E-state index contributed by atoms with van der Waals surface area (Å²) in [5, 5.41) is 4.81. The summed E-state index contributed by atoms with van der Waals surface area (Å²) < 4.78 is 26.0. The van der Waals surface area contributed by atoms with Crippen molar-refractivity contribution in [3.05, 3.63) is 42.5 Å². The lowest BCUT2D eigenvalue weighted by molar-refractivity contribution is -0.115. The van der Waals surface area contributed by atoms with Crippen molar-refractivity contribution in [2.75, 3.05) is 10.6 Å². The minimum absolute atomic E-state index is 0.0595. The molecule has 3 rings (SSSR count). The number of sulfone groups is 1. The van der Waals surface area contributed by atoms with E-state index in [1.54, 1.807) is 24.3 Å². The monoisotopic (exact) mass is 372 g/mol. The van der Waals surface area contributed by atoms with E-state index in [0.717, 1.165) is 0 Å². The third-order valence-electron chi connectivity index (χ3n) is 3.52. The number of aromatic nitrogens is 2. The van der Waals surface area contributed by atoms with E-state index in [-0.39, 0.29) is 21.6 Å². The number of carbonyl (C=O) groups is 2. The summed E-state index contributed by atoms with van der Waals surface area (Å²) in [4.78, 5) is 29.5. The molecule has 0 saturated carbocycles. The molecule has 3 N–H and O–H groups in total. The van der Waals surface area contributed by atoms with Gasteiger partial charge in [0.15, 0.2) is 0 Å². The number of anilines is 2. The van der Waals surface area contributed by atoms with Gasteiger partial charge in [0.1, 0.15) is 0 Å². The summed E-state index contributed by atoms with van der Waals surface area (Å²) in [5.74, 6) is -0.752. The van der Waals surface area contributed by atoms with Gasteiger partial charge in [-0.3, -0.25) is 9.59 Å². The van der Waals surface area contributed by atoms with Gasteiger partial charge in [-0.15, -0.1) is 0 Å². The second kappa shape index (κ2) is 6.60. The van der Waals surface area contributed by atoms with Crippen LogP contribution in [0.25, 0.3) is 11.0 Å². The predicted octanol–water partition coefficient (Wildman–Crippen LogP) is 2.31. The topological polar surface area (TPSA) is 121 Å². The quantitative estimate of drug-likeness (QED) is 0.649. The Hall–Kier alpha value is -3.20. The molecule has 0 spiro atoms. The highest BCUT2D eigenvalue weighted by molar-refractivity contribution is 7.91. The van der Waals surface area contributed by atoms with Gasteiger partial charge in [0.2, 0.25) is 26.8 Å². The zero-order chi connectivity index (χ0) is 18.9. The first-order chi connectivity index (χ1) is 12.3. The summed E-state index contributed by atoms with van der Waals surface area (Å²) in [6, 6.07) is 11.1. The number of rotatable bonds is 4. The smallest absolute Gasteiger partial charge is 0.241 e. The van der Waals surface area contributed by atoms with Crippen LogP contribution in [0.3, 0.4) is 0 Å². The first-order valence-corrected chi connectivity index (χ1v) is 9.15. The first kappa shape index (κ1) is 17.6. The van der Waals surface area contributed by atoms with Crippen molar-refractivity contribution in [3.8, 4) is 0 Å². The summed E-state index contributed by atoms with van der Waals surface area (Å²) in [5.41, 5.74) is 1.53. The Labute approximate surface area is 149 Å².